The summed E-state index contributed by atoms with van der Waals surface area (Å²) in [5, 5.41) is 33.8. The third-order valence-electron chi connectivity index (χ3n) is 4.57. The number of benzene rings is 1. The quantitative estimate of drug-likeness (QED) is 0.624. The minimum absolute atomic E-state index is 0.00850. The third-order valence-corrected chi connectivity index (χ3v) is 4.57. The lowest BCUT2D eigenvalue weighted by atomic mass is 9.73. The number of phenolic OH excluding ortho intramolecular Hbond substituents is 2. The summed E-state index contributed by atoms with van der Waals surface area (Å²) in [6.07, 6.45) is 1.05. The van der Waals surface area contributed by atoms with E-state index in [1.54, 1.807) is 6.07 Å². The summed E-state index contributed by atoms with van der Waals surface area (Å²) in [5.41, 5.74) is 1.56. The van der Waals surface area contributed by atoms with E-state index in [4.69, 9.17) is 4.63 Å². The van der Waals surface area contributed by atoms with Crippen LogP contribution in [0.2, 0.25) is 0 Å². The lowest BCUT2D eigenvalue weighted by molar-refractivity contribution is -0.118. The molecule has 1 unspecified atom stereocenters. The topological polar surface area (TPSA) is 121 Å². The first-order valence-electron chi connectivity index (χ1n) is 7.98. The highest BCUT2D eigenvalue weighted by atomic mass is 16.6. The van der Waals surface area contributed by atoms with Crippen molar-refractivity contribution in [2.24, 2.45) is 5.41 Å². The summed E-state index contributed by atoms with van der Waals surface area (Å²) in [6.45, 7) is 4.06. The zero-order valence-corrected chi connectivity index (χ0v) is 13.8. The molecule has 1 aliphatic carbocycles. The number of phenols is 2. The average Bonchev–Trinajstić information content (AvgIpc) is 2.86. The Bertz CT molecular complexity index is 900. The highest BCUT2D eigenvalue weighted by Gasteiger charge is 2.40. The summed E-state index contributed by atoms with van der Waals surface area (Å²) in [4.78, 5) is 12.9. The largest absolute Gasteiger partial charge is 0.508 e. The highest BCUT2D eigenvalue weighted by molar-refractivity contribution is 6.00. The van der Waals surface area contributed by atoms with Gasteiger partial charge in [0.25, 0.3) is 0 Å². The number of nitrogens with one attached hydrogen (secondary N) is 2. The van der Waals surface area contributed by atoms with E-state index in [0.717, 1.165) is 5.70 Å². The number of fused-ring (bicyclic) bond motifs is 1. The van der Waals surface area contributed by atoms with Crippen molar-refractivity contribution < 1.29 is 19.6 Å². The molecule has 2 heterocycles. The smallest absolute Gasteiger partial charge is 0.219 e. The molecule has 2 aromatic rings. The number of hydrogen-bond donors (Lipinski definition) is 4. The number of nitrogens with zero attached hydrogens (tertiary/aromatic N) is 2. The van der Waals surface area contributed by atoms with Gasteiger partial charge in [-0.3, -0.25) is 4.79 Å². The fourth-order valence-corrected chi connectivity index (χ4v) is 3.51. The maximum Gasteiger partial charge on any atom is 0.219 e. The summed E-state index contributed by atoms with van der Waals surface area (Å²) in [6, 6.07) is 3.67. The van der Waals surface area contributed by atoms with Gasteiger partial charge in [-0.2, -0.15) is 0 Å². The van der Waals surface area contributed by atoms with Gasteiger partial charge >= 0.3 is 0 Å². The molecule has 0 amide bonds. The Labute approximate surface area is 143 Å². The molecule has 1 aliphatic heterocycles. The van der Waals surface area contributed by atoms with E-state index in [-0.39, 0.29) is 22.7 Å². The van der Waals surface area contributed by atoms with Crippen LogP contribution in [-0.4, -0.2) is 26.3 Å². The number of ketones is 1. The number of allylic oxidation sites excluding steroid dienone is 1. The molecule has 0 saturated heterocycles. The Balaban J connectivity index is 1.90. The van der Waals surface area contributed by atoms with Crippen LogP contribution < -0.4 is 10.6 Å². The molecule has 0 spiro atoms. The zero-order chi connectivity index (χ0) is 17.8. The van der Waals surface area contributed by atoms with Gasteiger partial charge in [0.2, 0.25) is 11.6 Å². The van der Waals surface area contributed by atoms with Crippen LogP contribution in [0.5, 0.6) is 11.5 Å². The lowest BCUT2D eigenvalue weighted by Crippen LogP contribution is -2.31. The average molecular weight is 342 g/mol. The molecule has 1 aromatic heterocycles. The van der Waals surface area contributed by atoms with E-state index in [9.17, 15) is 15.0 Å². The van der Waals surface area contributed by atoms with Crippen molar-refractivity contribution in [1.82, 2.24) is 10.3 Å². The predicted molar refractivity (Wildman–Crippen MR) is 89.1 cm³/mol. The van der Waals surface area contributed by atoms with Gasteiger partial charge in [-0.15, -0.1) is 0 Å². The van der Waals surface area contributed by atoms with E-state index in [1.165, 1.54) is 12.1 Å². The minimum Gasteiger partial charge on any atom is -0.508 e. The molecule has 0 bridgehead atoms. The van der Waals surface area contributed by atoms with Crippen LogP contribution >= 0.6 is 0 Å². The van der Waals surface area contributed by atoms with Crippen LogP contribution in [0.25, 0.3) is 0 Å². The maximum atomic E-state index is 12.9. The Morgan fingerprint density at radius 2 is 1.96 bits per heavy atom. The van der Waals surface area contributed by atoms with Crippen molar-refractivity contribution in [2.45, 2.75) is 32.7 Å². The monoisotopic (exact) mass is 342 g/mol. The maximum absolute atomic E-state index is 12.9. The number of rotatable bonds is 1. The zero-order valence-electron chi connectivity index (χ0n) is 13.8. The Kier molecular flexibility index (Phi) is 3.24. The number of Topliss-reactive ketones (excluding diaryl/α,β-unsaturated/α-hetero) is 1. The third kappa shape index (κ3) is 2.59. The first kappa shape index (κ1) is 15.5. The molecule has 4 N–H and O–H groups in total. The number of hydrogen-bond acceptors (Lipinski definition) is 8. The summed E-state index contributed by atoms with van der Waals surface area (Å²) in [5.74, 6) is 0.589. The molecule has 4 rings (SSSR count). The number of aromatic nitrogens is 2. The van der Waals surface area contributed by atoms with Crippen LogP contribution in [0, 0.1) is 5.41 Å². The van der Waals surface area contributed by atoms with Crippen molar-refractivity contribution in [3.63, 3.8) is 0 Å². The molecule has 0 fully saturated rings. The first-order chi connectivity index (χ1) is 11.8. The predicted octanol–water partition coefficient (Wildman–Crippen LogP) is 2.70. The van der Waals surface area contributed by atoms with Crippen molar-refractivity contribution in [3.8, 4) is 11.5 Å². The number of carbonyl (C=O) groups excluding carboxylic acids is 1. The van der Waals surface area contributed by atoms with Crippen molar-refractivity contribution in [1.29, 1.82) is 0 Å². The molecule has 8 nitrogen and oxygen atoms in total. The molecule has 2 aliphatic rings. The van der Waals surface area contributed by atoms with Crippen molar-refractivity contribution in [2.75, 3.05) is 10.6 Å². The molecule has 0 saturated carbocycles. The molecule has 8 heteroatoms. The molecule has 130 valence electrons. The second kappa shape index (κ2) is 5.23. The minimum atomic E-state index is -0.625. The fraction of sp³-hybridized carbons (Fsp3) is 0.353. The molecule has 1 aromatic carbocycles. The van der Waals surface area contributed by atoms with Crippen LogP contribution in [0.1, 0.15) is 38.3 Å². The van der Waals surface area contributed by atoms with Crippen LogP contribution in [0.4, 0.5) is 11.6 Å². The van der Waals surface area contributed by atoms with Gasteiger partial charge in [-0.25, -0.2) is 4.63 Å². The van der Waals surface area contributed by atoms with E-state index >= 15 is 0 Å². The SMILES string of the molecule is CC1(C)CC(=O)C2=C(C1)Nc1nonc1NC2c1ccc(O)cc1O. The fourth-order valence-electron chi connectivity index (χ4n) is 3.51. The van der Waals surface area contributed by atoms with E-state index in [1.807, 2.05) is 13.8 Å². The first-order valence-corrected chi connectivity index (χ1v) is 7.98. The van der Waals surface area contributed by atoms with Crippen molar-refractivity contribution >= 4 is 17.4 Å². The molecule has 0 radical (unpaired) electrons. The Morgan fingerprint density at radius 1 is 1.20 bits per heavy atom. The molecular weight excluding hydrogens is 324 g/mol. The normalized spacial score (nSPS) is 21.7. The summed E-state index contributed by atoms with van der Waals surface area (Å²) in [7, 11) is 0. The summed E-state index contributed by atoms with van der Waals surface area (Å²) >= 11 is 0. The van der Waals surface area contributed by atoms with E-state index in [2.05, 4.69) is 20.9 Å². The molecule has 25 heavy (non-hydrogen) atoms. The molecular formula is C17H18N4O4. The van der Waals surface area contributed by atoms with Gasteiger partial charge in [0.1, 0.15) is 11.5 Å². The Morgan fingerprint density at radius 3 is 2.72 bits per heavy atom. The highest BCUT2D eigenvalue weighted by Crippen LogP contribution is 2.46. The van der Waals surface area contributed by atoms with Gasteiger partial charge in [0, 0.05) is 29.3 Å². The van der Waals surface area contributed by atoms with Crippen molar-refractivity contribution in [3.05, 3.63) is 35.0 Å². The van der Waals surface area contributed by atoms with Crippen LogP contribution in [0.3, 0.4) is 0 Å². The van der Waals surface area contributed by atoms with E-state index < -0.39 is 6.04 Å². The number of anilines is 2. The van der Waals surface area contributed by atoms with Gasteiger partial charge in [-0.1, -0.05) is 13.8 Å². The lowest BCUT2D eigenvalue weighted by Gasteiger charge is -2.34. The van der Waals surface area contributed by atoms with E-state index in [0.29, 0.717) is 35.6 Å². The van der Waals surface area contributed by atoms with Crippen LogP contribution in [0.15, 0.2) is 34.1 Å². The van der Waals surface area contributed by atoms with Gasteiger partial charge in [0.15, 0.2) is 5.78 Å². The molecule has 1 atom stereocenters. The standard InChI is InChI=1S/C17H18N4O4/c1-17(2)6-10-13(12(24)7-17)14(9-4-3-8(22)5-11(9)23)19-16-15(18-10)20-25-21-16/h3-5,14,22-23H,6-7H2,1-2H3,(H,18,20)(H,19,21). The van der Waals surface area contributed by atoms with Gasteiger partial charge in [0.05, 0.1) is 6.04 Å². The Hall–Kier alpha value is -3.03. The van der Waals surface area contributed by atoms with Crippen LogP contribution in [-0.2, 0) is 4.79 Å². The number of aromatic hydroxyl groups is 2. The van der Waals surface area contributed by atoms with Gasteiger partial charge in [-0.05, 0) is 34.3 Å². The second-order valence-electron chi connectivity index (χ2n) is 7.24. The number of carbonyl (C=O) groups is 1. The van der Waals surface area contributed by atoms with Gasteiger partial charge < -0.3 is 20.8 Å². The second-order valence-corrected chi connectivity index (χ2v) is 7.24. The summed E-state index contributed by atoms with van der Waals surface area (Å²) < 4.78 is 4.78.